The molecule has 3 unspecified atom stereocenters. The number of ether oxygens (including phenoxy) is 2. The van der Waals surface area contributed by atoms with Gasteiger partial charge in [0.1, 0.15) is 10.6 Å². The molecule has 0 aliphatic carbocycles. The average Bonchev–Trinajstić information content (AvgIpc) is 2.60. The Morgan fingerprint density at radius 1 is 1.19 bits per heavy atom. The number of rotatable bonds is 6. The molecule has 150 valence electrons. The third kappa shape index (κ3) is 4.87. The first kappa shape index (κ1) is 21.4. The molecular weight excluding hydrogens is 370 g/mol. The summed E-state index contributed by atoms with van der Waals surface area (Å²) >= 11 is 0. The zero-order valence-electron chi connectivity index (χ0n) is 16.4. The highest BCUT2D eigenvalue weighted by Gasteiger charge is 2.34. The molecule has 1 aromatic rings. The molecule has 0 radical (unpaired) electrons. The number of piperidine rings is 1. The van der Waals surface area contributed by atoms with Gasteiger partial charge in [0.05, 0.1) is 12.7 Å². The predicted molar refractivity (Wildman–Crippen MR) is 100 cm³/mol. The van der Waals surface area contributed by atoms with E-state index < -0.39 is 22.1 Å². The maximum Gasteiger partial charge on any atom is 0.338 e. The van der Waals surface area contributed by atoms with Crippen molar-refractivity contribution in [3.63, 3.8) is 0 Å². The average molecular weight is 397 g/mol. The SMILES string of the molecule is COc1ccc(C(=O)OC(C)C(C)=O)cc1S(=O)(=O)N1CC(C)CC(C)C1. The molecule has 0 amide bonds. The van der Waals surface area contributed by atoms with E-state index in [0.717, 1.165) is 6.42 Å². The number of ketones is 1. The molecule has 2 rings (SSSR count). The highest BCUT2D eigenvalue weighted by atomic mass is 32.2. The molecule has 7 nitrogen and oxygen atoms in total. The van der Waals surface area contributed by atoms with E-state index in [2.05, 4.69) is 0 Å². The Morgan fingerprint density at radius 2 is 1.78 bits per heavy atom. The van der Waals surface area contributed by atoms with Crippen LogP contribution in [0.2, 0.25) is 0 Å². The topological polar surface area (TPSA) is 90.0 Å². The minimum absolute atomic E-state index is 0.0561. The summed E-state index contributed by atoms with van der Waals surface area (Å²) in [6.07, 6.45) is 0.0711. The highest BCUT2D eigenvalue weighted by molar-refractivity contribution is 7.89. The van der Waals surface area contributed by atoms with Gasteiger partial charge >= 0.3 is 5.97 Å². The molecule has 1 aliphatic rings. The summed E-state index contributed by atoms with van der Waals surface area (Å²) in [5, 5.41) is 0. The molecule has 0 N–H and O–H groups in total. The molecule has 0 spiro atoms. The fourth-order valence-corrected chi connectivity index (χ4v) is 5.12. The first-order valence-electron chi connectivity index (χ1n) is 8.95. The van der Waals surface area contributed by atoms with Crippen LogP contribution in [0, 0.1) is 11.8 Å². The van der Waals surface area contributed by atoms with E-state index in [0.29, 0.717) is 13.1 Å². The normalized spacial score (nSPS) is 22.1. The van der Waals surface area contributed by atoms with E-state index in [1.165, 1.54) is 43.5 Å². The van der Waals surface area contributed by atoms with Gasteiger partial charge in [0.2, 0.25) is 10.0 Å². The minimum atomic E-state index is -3.84. The summed E-state index contributed by atoms with van der Waals surface area (Å²) in [5.41, 5.74) is 0.0561. The largest absolute Gasteiger partial charge is 0.495 e. The van der Waals surface area contributed by atoms with Gasteiger partial charge in [-0.3, -0.25) is 4.79 Å². The Labute approximate surface area is 160 Å². The number of hydrogen-bond donors (Lipinski definition) is 0. The molecule has 1 aromatic carbocycles. The van der Waals surface area contributed by atoms with E-state index in [9.17, 15) is 18.0 Å². The number of sulfonamides is 1. The summed E-state index contributed by atoms with van der Waals surface area (Å²) in [6.45, 7) is 7.68. The van der Waals surface area contributed by atoms with Crippen molar-refractivity contribution in [1.82, 2.24) is 4.31 Å². The first-order chi connectivity index (χ1) is 12.6. The number of Topliss-reactive ketones (excluding diaryl/α,β-unsaturated/α-hetero) is 1. The molecule has 0 aromatic heterocycles. The lowest BCUT2D eigenvalue weighted by Crippen LogP contribution is -2.42. The van der Waals surface area contributed by atoms with Gasteiger partial charge < -0.3 is 9.47 Å². The van der Waals surface area contributed by atoms with Gasteiger partial charge in [-0.2, -0.15) is 4.31 Å². The Morgan fingerprint density at radius 3 is 2.30 bits per heavy atom. The van der Waals surface area contributed by atoms with Gasteiger partial charge in [-0.25, -0.2) is 13.2 Å². The van der Waals surface area contributed by atoms with E-state index in [-0.39, 0.29) is 33.8 Å². The van der Waals surface area contributed by atoms with Gasteiger partial charge in [0.15, 0.2) is 11.9 Å². The van der Waals surface area contributed by atoms with Crippen LogP contribution in [0.1, 0.15) is 44.5 Å². The maximum absolute atomic E-state index is 13.2. The third-order valence-corrected chi connectivity index (χ3v) is 6.56. The third-order valence-electron chi connectivity index (χ3n) is 4.71. The molecule has 1 saturated heterocycles. The van der Waals surface area contributed by atoms with Crippen LogP contribution in [0.4, 0.5) is 0 Å². The van der Waals surface area contributed by atoms with Gasteiger partial charge in [-0.1, -0.05) is 13.8 Å². The number of methoxy groups -OCH3 is 1. The van der Waals surface area contributed by atoms with Crippen LogP contribution in [-0.4, -0.2) is 50.8 Å². The second kappa shape index (κ2) is 8.39. The Bertz CT molecular complexity index is 809. The van der Waals surface area contributed by atoms with Crippen molar-refractivity contribution in [1.29, 1.82) is 0 Å². The van der Waals surface area contributed by atoms with E-state index in [1.807, 2.05) is 13.8 Å². The number of hydrogen-bond acceptors (Lipinski definition) is 6. The van der Waals surface area contributed by atoms with Crippen LogP contribution in [0.15, 0.2) is 23.1 Å². The lowest BCUT2D eigenvalue weighted by atomic mass is 9.94. The van der Waals surface area contributed by atoms with Crippen LogP contribution >= 0.6 is 0 Å². The monoisotopic (exact) mass is 397 g/mol. The van der Waals surface area contributed by atoms with Crippen LogP contribution in [0.25, 0.3) is 0 Å². The molecule has 0 bridgehead atoms. The molecule has 27 heavy (non-hydrogen) atoms. The minimum Gasteiger partial charge on any atom is -0.495 e. The van der Waals surface area contributed by atoms with Crippen LogP contribution in [0.5, 0.6) is 5.75 Å². The standard InChI is InChI=1S/C19H27NO6S/c1-12-8-13(2)11-20(10-12)27(23,24)18-9-16(6-7-17(18)25-5)19(22)26-15(4)14(3)21/h6-7,9,12-13,15H,8,10-11H2,1-5H3. The van der Waals surface area contributed by atoms with Crippen LogP contribution < -0.4 is 4.74 Å². The molecule has 3 atom stereocenters. The van der Waals surface area contributed by atoms with Gasteiger partial charge in [-0.15, -0.1) is 0 Å². The van der Waals surface area contributed by atoms with Crippen molar-refractivity contribution in [2.45, 2.75) is 45.1 Å². The fourth-order valence-electron chi connectivity index (χ4n) is 3.26. The van der Waals surface area contributed by atoms with Gasteiger partial charge in [-0.05, 0) is 50.3 Å². The molecule has 0 saturated carbocycles. The summed E-state index contributed by atoms with van der Waals surface area (Å²) in [4.78, 5) is 23.5. The second-order valence-electron chi connectivity index (χ2n) is 7.29. The summed E-state index contributed by atoms with van der Waals surface area (Å²) in [6, 6.07) is 4.11. The zero-order valence-corrected chi connectivity index (χ0v) is 17.2. The Hall–Kier alpha value is -1.93. The second-order valence-corrected chi connectivity index (χ2v) is 9.20. The van der Waals surface area contributed by atoms with Crippen LogP contribution in [0.3, 0.4) is 0 Å². The molecule has 8 heteroatoms. The molecular formula is C19H27NO6S. The van der Waals surface area contributed by atoms with Crippen molar-refractivity contribution in [2.24, 2.45) is 11.8 Å². The van der Waals surface area contributed by atoms with Gasteiger partial charge in [0.25, 0.3) is 0 Å². The molecule has 1 fully saturated rings. The summed E-state index contributed by atoms with van der Waals surface area (Å²) in [7, 11) is -2.46. The zero-order chi connectivity index (χ0) is 20.4. The van der Waals surface area contributed by atoms with Crippen molar-refractivity contribution in [2.75, 3.05) is 20.2 Å². The lowest BCUT2D eigenvalue weighted by Gasteiger charge is -2.34. The summed E-state index contributed by atoms with van der Waals surface area (Å²) in [5.74, 6) is -0.381. The van der Waals surface area contributed by atoms with E-state index in [1.54, 1.807) is 0 Å². The fraction of sp³-hybridized carbons (Fsp3) is 0.579. The highest BCUT2D eigenvalue weighted by Crippen LogP contribution is 2.32. The predicted octanol–water partition coefficient (Wildman–Crippen LogP) is 2.50. The number of nitrogens with zero attached hydrogens (tertiary/aromatic N) is 1. The molecule has 1 aliphatic heterocycles. The lowest BCUT2D eigenvalue weighted by molar-refractivity contribution is -0.124. The van der Waals surface area contributed by atoms with E-state index >= 15 is 0 Å². The van der Waals surface area contributed by atoms with E-state index in [4.69, 9.17) is 9.47 Å². The number of carbonyl (C=O) groups is 2. The van der Waals surface area contributed by atoms with Crippen molar-refractivity contribution in [3.8, 4) is 5.75 Å². The number of esters is 1. The number of benzene rings is 1. The Kier molecular flexibility index (Phi) is 6.64. The van der Waals surface area contributed by atoms with Crippen molar-refractivity contribution >= 4 is 21.8 Å². The first-order valence-corrected chi connectivity index (χ1v) is 10.4. The number of carbonyl (C=O) groups excluding carboxylic acids is 2. The van der Waals surface area contributed by atoms with Crippen molar-refractivity contribution < 1.29 is 27.5 Å². The van der Waals surface area contributed by atoms with Gasteiger partial charge in [0, 0.05) is 13.1 Å². The van der Waals surface area contributed by atoms with Crippen molar-refractivity contribution in [3.05, 3.63) is 23.8 Å². The Balaban J connectivity index is 2.39. The molecule has 1 heterocycles. The maximum atomic E-state index is 13.2. The summed E-state index contributed by atoms with van der Waals surface area (Å²) < 4.78 is 38.1. The smallest absolute Gasteiger partial charge is 0.338 e. The van der Waals surface area contributed by atoms with Crippen LogP contribution in [-0.2, 0) is 19.6 Å². The quantitative estimate of drug-likeness (QED) is 0.685.